The third kappa shape index (κ3) is 4.38. The molecule has 1 saturated heterocycles. The summed E-state index contributed by atoms with van der Waals surface area (Å²) in [6, 6.07) is 9.98. The van der Waals surface area contributed by atoms with Crippen molar-refractivity contribution in [1.29, 1.82) is 0 Å². The van der Waals surface area contributed by atoms with Gasteiger partial charge in [0.05, 0.1) is 25.9 Å². The number of hydrogen-bond acceptors (Lipinski definition) is 6. The van der Waals surface area contributed by atoms with E-state index in [2.05, 4.69) is 28.1 Å². The number of methoxy groups -OCH3 is 3. The van der Waals surface area contributed by atoms with Gasteiger partial charge >= 0.3 is 0 Å². The highest BCUT2D eigenvalue weighted by atomic mass is 79.9. The third-order valence-corrected chi connectivity index (χ3v) is 7.86. The molecule has 0 atom stereocenters. The Morgan fingerprint density at radius 1 is 0.885 bits per heavy atom. The summed E-state index contributed by atoms with van der Waals surface area (Å²) in [5.41, 5.74) is 2.24. The molecular weight excluding hydrogens is 436 g/mol. The maximum Gasteiger partial charge on any atom is 0.161 e. The predicted molar refractivity (Wildman–Crippen MR) is 112 cm³/mol. The Morgan fingerprint density at radius 3 is 2.15 bits per heavy atom. The van der Waals surface area contributed by atoms with Gasteiger partial charge in [-0.05, 0) is 29.8 Å². The molecule has 4 nitrogen and oxygen atoms in total. The first-order valence-electron chi connectivity index (χ1n) is 8.10. The monoisotopic (exact) mass is 456 g/mol. The van der Waals surface area contributed by atoms with Crippen LogP contribution >= 0.6 is 39.5 Å². The molecule has 0 unspecified atom stereocenters. The molecule has 3 rings (SSSR count). The van der Waals surface area contributed by atoms with Crippen molar-refractivity contribution >= 4 is 39.5 Å². The Labute approximate surface area is 171 Å². The smallest absolute Gasteiger partial charge is 0.161 e. The van der Waals surface area contributed by atoms with E-state index in [1.807, 2.05) is 41.7 Å². The van der Waals surface area contributed by atoms with E-state index in [-0.39, 0.29) is 0 Å². The molecule has 26 heavy (non-hydrogen) atoms. The van der Waals surface area contributed by atoms with Crippen LogP contribution in [0.5, 0.6) is 23.0 Å². The van der Waals surface area contributed by atoms with E-state index >= 15 is 0 Å². The number of halogens is 1. The third-order valence-electron chi connectivity index (χ3n) is 4.02. The molecule has 1 fully saturated rings. The molecular formula is C19H21BrO4S2. The van der Waals surface area contributed by atoms with Gasteiger partial charge in [-0.2, -0.15) is 0 Å². The van der Waals surface area contributed by atoms with Crippen molar-refractivity contribution in [2.24, 2.45) is 0 Å². The zero-order valence-corrected chi connectivity index (χ0v) is 18.1. The molecule has 0 aromatic heterocycles. The Hall–Kier alpha value is -1.18. The van der Waals surface area contributed by atoms with E-state index in [1.54, 1.807) is 21.3 Å². The summed E-state index contributed by atoms with van der Waals surface area (Å²) in [7, 11) is 4.91. The van der Waals surface area contributed by atoms with E-state index in [0.29, 0.717) is 22.7 Å². The zero-order chi connectivity index (χ0) is 18.5. The summed E-state index contributed by atoms with van der Waals surface area (Å²) < 4.78 is 23.6. The van der Waals surface area contributed by atoms with Crippen molar-refractivity contribution in [3.05, 3.63) is 45.9 Å². The molecule has 0 amide bonds. The molecule has 0 radical (unpaired) electrons. The number of hydrogen-bond donors (Lipinski definition) is 0. The minimum Gasteiger partial charge on any atom is -0.493 e. The van der Waals surface area contributed by atoms with Crippen LogP contribution in [0.3, 0.4) is 0 Å². The maximum atomic E-state index is 6.02. The number of rotatable bonds is 7. The molecule has 0 N–H and O–H groups in total. The fourth-order valence-electron chi connectivity index (χ4n) is 2.66. The average molecular weight is 457 g/mol. The minimum absolute atomic E-state index is 0.392. The van der Waals surface area contributed by atoms with Crippen LogP contribution in [0.4, 0.5) is 0 Å². The van der Waals surface area contributed by atoms with Crippen LogP contribution < -0.4 is 18.9 Å². The Bertz CT molecular complexity index is 763. The summed E-state index contributed by atoms with van der Waals surface area (Å²) in [6.45, 7) is 0.392. The first-order valence-corrected chi connectivity index (χ1v) is 11.0. The normalized spacial score (nSPS) is 14.3. The second-order valence-corrected chi connectivity index (χ2v) is 9.15. The predicted octanol–water partition coefficient (Wildman–Crippen LogP) is 5.53. The van der Waals surface area contributed by atoms with Gasteiger partial charge in [0.2, 0.25) is 0 Å². The summed E-state index contributed by atoms with van der Waals surface area (Å²) in [5.74, 6) is 5.23. The zero-order valence-electron chi connectivity index (χ0n) is 14.9. The SMILES string of the molecule is COc1cc(Br)c(COc2ccc(C3SCCS3)cc2OC)cc1OC. The van der Waals surface area contributed by atoms with E-state index in [4.69, 9.17) is 18.9 Å². The topological polar surface area (TPSA) is 36.9 Å². The van der Waals surface area contributed by atoms with Gasteiger partial charge in [0.1, 0.15) is 6.61 Å². The second kappa shape index (κ2) is 9.15. The summed E-state index contributed by atoms with van der Waals surface area (Å²) in [5, 5.41) is 0. The van der Waals surface area contributed by atoms with Crippen LogP contribution in [-0.4, -0.2) is 32.8 Å². The molecule has 0 bridgehead atoms. The lowest BCUT2D eigenvalue weighted by atomic mass is 10.2. The molecule has 1 aliphatic rings. The van der Waals surface area contributed by atoms with Crippen molar-refractivity contribution in [3.63, 3.8) is 0 Å². The molecule has 1 aliphatic heterocycles. The second-order valence-electron chi connectivity index (χ2n) is 5.57. The summed E-state index contributed by atoms with van der Waals surface area (Å²) in [4.78, 5) is 0. The Balaban J connectivity index is 1.77. The highest BCUT2D eigenvalue weighted by Crippen LogP contribution is 2.47. The fraction of sp³-hybridized carbons (Fsp3) is 0.368. The largest absolute Gasteiger partial charge is 0.493 e. The van der Waals surface area contributed by atoms with Crippen LogP contribution in [0, 0.1) is 0 Å². The lowest BCUT2D eigenvalue weighted by Gasteiger charge is -2.16. The van der Waals surface area contributed by atoms with Gasteiger partial charge in [-0.3, -0.25) is 0 Å². The summed E-state index contributed by atoms with van der Waals surface area (Å²) >= 11 is 7.51. The van der Waals surface area contributed by atoms with E-state index < -0.39 is 0 Å². The maximum absolute atomic E-state index is 6.02. The molecule has 140 valence electrons. The number of thioether (sulfide) groups is 2. The molecule has 0 saturated carbocycles. The number of ether oxygens (including phenoxy) is 4. The molecule has 0 spiro atoms. The minimum atomic E-state index is 0.392. The van der Waals surface area contributed by atoms with Crippen molar-refractivity contribution in [3.8, 4) is 23.0 Å². The van der Waals surface area contributed by atoms with E-state index in [9.17, 15) is 0 Å². The van der Waals surface area contributed by atoms with Crippen LogP contribution in [0.15, 0.2) is 34.8 Å². The quantitative estimate of drug-likeness (QED) is 0.544. The van der Waals surface area contributed by atoms with Crippen LogP contribution in [-0.2, 0) is 6.61 Å². The average Bonchev–Trinajstić information content (AvgIpc) is 3.21. The Morgan fingerprint density at radius 2 is 1.50 bits per heavy atom. The van der Waals surface area contributed by atoms with Crippen LogP contribution in [0.2, 0.25) is 0 Å². The van der Waals surface area contributed by atoms with Gasteiger partial charge in [-0.15, -0.1) is 23.5 Å². The Kier molecular flexibility index (Phi) is 6.89. The van der Waals surface area contributed by atoms with Crippen molar-refractivity contribution in [1.82, 2.24) is 0 Å². The van der Waals surface area contributed by atoms with Gasteiger partial charge in [0, 0.05) is 21.5 Å². The van der Waals surface area contributed by atoms with Crippen molar-refractivity contribution < 1.29 is 18.9 Å². The molecule has 0 aliphatic carbocycles. The first-order chi connectivity index (χ1) is 12.7. The van der Waals surface area contributed by atoms with E-state index in [1.165, 1.54) is 17.1 Å². The van der Waals surface area contributed by atoms with Crippen molar-refractivity contribution in [2.75, 3.05) is 32.8 Å². The standard InChI is InChI=1S/C19H21BrO4S2/c1-21-16-8-12(19-25-6-7-26-19)4-5-15(16)24-11-13-9-17(22-2)18(23-3)10-14(13)20/h4-5,8-10,19H,6-7,11H2,1-3H3. The fourth-order valence-corrected chi connectivity index (χ4v) is 5.94. The van der Waals surface area contributed by atoms with Gasteiger partial charge in [-0.1, -0.05) is 22.0 Å². The highest BCUT2D eigenvalue weighted by Gasteiger charge is 2.20. The van der Waals surface area contributed by atoms with Crippen LogP contribution in [0.25, 0.3) is 0 Å². The number of benzene rings is 2. The van der Waals surface area contributed by atoms with Gasteiger partial charge in [0.15, 0.2) is 23.0 Å². The summed E-state index contributed by atoms with van der Waals surface area (Å²) in [6.07, 6.45) is 0. The lowest BCUT2D eigenvalue weighted by Crippen LogP contribution is -2.01. The van der Waals surface area contributed by atoms with E-state index in [0.717, 1.165) is 21.5 Å². The highest BCUT2D eigenvalue weighted by molar-refractivity contribution is 9.10. The molecule has 2 aromatic rings. The lowest BCUT2D eigenvalue weighted by molar-refractivity contribution is 0.282. The molecule has 2 aromatic carbocycles. The first kappa shape index (κ1) is 19.6. The molecule has 1 heterocycles. The van der Waals surface area contributed by atoms with Gasteiger partial charge < -0.3 is 18.9 Å². The van der Waals surface area contributed by atoms with Crippen molar-refractivity contribution in [2.45, 2.75) is 11.2 Å². The van der Waals surface area contributed by atoms with Gasteiger partial charge in [0.25, 0.3) is 0 Å². The van der Waals surface area contributed by atoms with Gasteiger partial charge in [-0.25, -0.2) is 0 Å². The van der Waals surface area contributed by atoms with Crippen LogP contribution in [0.1, 0.15) is 15.7 Å². The molecule has 7 heteroatoms.